The Balaban J connectivity index is 1.73. The van der Waals surface area contributed by atoms with E-state index in [4.69, 9.17) is 0 Å². The zero-order valence-electron chi connectivity index (χ0n) is 17.5. The molecule has 2 aromatic heterocycles. The molecular weight excluding hydrogens is 411 g/mol. The van der Waals surface area contributed by atoms with Crippen molar-refractivity contribution in [1.29, 1.82) is 0 Å². The van der Waals surface area contributed by atoms with Gasteiger partial charge in [-0.2, -0.15) is 5.10 Å². The van der Waals surface area contributed by atoms with E-state index in [-0.39, 0.29) is 24.0 Å². The van der Waals surface area contributed by atoms with Crippen LogP contribution in [0.25, 0.3) is 11.5 Å². The third kappa shape index (κ3) is 4.17. The van der Waals surface area contributed by atoms with E-state index in [1.165, 1.54) is 18.3 Å². The second kappa shape index (κ2) is 9.15. The first kappa shape index (κ1) is 21.5. The summed E-state index contributed by atoms with van der Waals surface area (Å²) in [6.45, 7) is 2.20. The fraction of sp³-hybridized carbons (Fsp3) is 0.208. The van der Waals surface area contributed by atoms with Crippen LogP contribution in [0.1, 0.15) is 34.7 Å². The summed E-state index contributed by atoms with van der Waals surface area (Å²) in [6.07, 6.45) is 3.10. The van der Waals surface area contributed by atoms with Gasteiger partial charge in [-0.05, 0) is 42.2 Å². The molecule has 4 rings (SSSR count). The number of nitrogens with one attached hydrogen (secondary N) is 1. The van der Waals surface area contributed by atoms with Gasteiger partial charge in [-0.15, -0.1) is 0 Å². The Hall–Kier alpha value is -3.78. The van der Waals surface area contributed by atoms with E-state index >= 15 is 0 Å². The van der Waals surface area contributed by atoms with E-state index in [2.05, 4.69) is 21.2 Å². The van der Waals surface area contributed by atoms with Crippen LogP contribution in [0.2, 0.25) is 0 Å². The van der Waals surface area contributed by atoms with E-state index in [0.29, 0.717) is 24.5 Å². The van der Waals surface area contributed by atoms with Gasteiger partial charge in [-0.25, -0.2) is 9.37 Å². The van der Waals surface area contributed by atoms with Crippen LogP contribution < -0.4 is 5.43 Å². The normalized spacial score (nSPS) is 12.1. The first-order valence-corrected chi connectivity index (χ1v) is 10.2. The lowest BCUT2D eigenvalue weighted by molar-refractivity contribution is 0.270. The molecule has 1 atom stereocenters. The van der Waals surface area contributed by atoms with Crippen LogP contribution in [0, 0.1) is 12.7 Å². The number of aromatic hydroxyl groups is 1. The maximum absolute atomic E-state index is 13.6. The summed E-state index contributed by atoms with van der Waals surface area (Å²) in [7, 11) is 0. The Labute approximate surface area is 183 Å². The van der Waals surface area contributed by atoms with Gasteiger partial charge in [0.15, 0.2) is 11.6 Å². The number of rotatable bonds is 7. The van der Waals surface area contributed by atoms with Gasteiger partial charge < -0.3 is 14.8 Å². The molecule has 2 heterocycles. The van der Waals surface area contributed by atoms with Crippen molar-refractivity contribution in [3.05, 3.63) is 99.3 Å². The van der Waals surface area contributed by atoms with Gasteiger partial charge in [-0.1, -0.05) is 36.4 Å². The second-order valence-corrected chi connectivity index (χ2v) is 7.59. The van der Waals surface area contributed by atoms with Gasteiger partial charge in [0, 0.05) is 12.5 Å². The molecule has 0 aliphatic heterocycles. The lowest BCUT2D eigenvalue weighted by atomic mass is 9.86. The Morgan fingerprint density at radius 3 is 2.59 bits per heavy atom. The largest absolute Gasteiger partial charge is 0.503 e. The number of benzene rings is 2. The number of aliphatic hydroxyl groups excluding tert-OH is 1. The number of aryl methyl sites for hydroxylation is 1. The van der Waals surface area contributed by atoms with Crippen LogP contribution >= 0.6 is 0 Å². The predicted molar refractivity (Wildman–Crippen MR) is 118 cm³/mol. The number of nitrogens with zero attached hydrogens (tertiary/aromatic N) is 3. The van der Waals surface area contributed by atoms with Crippen molar-refractivity contribution in [2.75, 3.05) is 0 Å². The molecule has 0 saturated heterocycles. The number of imidazole rings is 1. The average molecular weight is 434 g/mol. The first-order valence-electron chi connectivity index (χ1n) is 10.2. The number of hydrogen-bond donors (Lipinski definition) is 3. The summed E-state index contributed by atoms with van der Waals surface area (Å²) in [5, 5.41) is 26.4. The summed E-state index contributed by atoms with van der Waals surface area (Å²) in [6, 6.07) is 14.5. The van der Waals surface area contributed by atoms with Gasteiger partial charge in [0.25, 0.3) is 0 Å². The van der Waals surface area contributed by atoms with E-state index in [0.717, 1.165) is 22.9 Å². The van der Waals surface area contributed by atoms with Crippen LogP contribution in [-0.4, -0.2) is 30.0 Å². The molecule has 1 unspecified atom stereocenters. The van der Waals surface area contributed by atoms with E-state index in [1.54, 1.807) is 16.7 Å². The predicted octanol–water partition coefficient (Wildman–Crippen LogP) is 3.50. The molecule has 32 heavy (non-hydrogen) atoms. The Morgan fingerprint density at radius 2 is 1.88 bits per heavy atom. The summed E-state index contributed by atoms with van der Waals surface area (Å²) < 4.78 is 15.3. The highest BCUT2D eigenvalue weighted by molar-refractivity contribution is 5.58. The Bertz CT molecular complexity index is 1280. The van der Waals surface area contributed by atoms with Gasteiger partial charge in [-0.3, -0.25) is 9.89 Å². The number of aromatic nitrogens is 4. The molecule has 2 aromatic carbocycles. The molecule has 8 heteroatoms. The highest BCUT2D eigenvalue weighted by Crippen LogP contribution is 2.32. The number of hydrogen-bond acceptors (Lipinski definition) is 5. The standard InChI is InChI=1S/C24H23FN4O3/c1-15-4-2-3-5-19(15)20(16-6-8-17(25)9-7-16)10-11-29-18(14-30)12-26-24(29)22-23(32)21(31)13-27-28-22/h2-9,12-13,20,30H,10-11,14H2,1H3,(H,27,32)(H,28,31). The highest BCUT2D eigenvalue weighted by atomic mass is 19.1. The molecule has 3 N–H and O–H groups in total. The Kier molecular flexibility index (Phi) is 6.13. The Morgan fingerprint density at radius 1 is 1.12 bits per heavy atom. The second-order valence-electron chi connectivity index (χ2n) is 7.59. The molecule has 0 radical (unpaired) electrons. The van der Waals surface area contributed by atoms with Crippen LogP contribution in [0.3, 0.4) is 0 Å². The SMILES string of the molecule is Cc1ccccc1C(CCn1c(CO)cnc1-c1[nH]ncc(=O)c1O)c1ccc(F)cc1. The summed E-state index contributed by atoms with van der Waals surface area (Å²) in [4.78, 5) is 16.1. The van der Waals surface area contributed by atoms with Crippen molar-refractivity contribution in [3.8, 4) is 17.3 Å². The molecule has 164 valence electrons. The fourth-order valence-electron chi connectivity index (χ4n) is 3.97. The molecule has 4 aromatic rings. The monoisotopic (exact) mass is 434 g/mol. The van der Waals surface area contributed by atoms with Crippen molar-refractivity contribution in [1.82, 2.24) is 19.7 Å². The maximum Gasteiger partial charge on any atom is 0.242 e. The van der Waals surface area contributed by atoms with Gasteiger partial charge in [0.1, 0.15) is 11.5 Å². The highest BCUT2D eigenvalue weighted by Gasteiger charge is 2.21. The quantitative estimate of drug-likeness (QED) is 0.413. The van der Waals surface area contributed by atoms with Crippen molar-refractivity contribution in [3.63, 3.8) is 0 Å². The minimum absolute atomic E-state index is 0.0415. The fourth-order valence-corrected chi connectivity index (χ4v) is 3.97. The number of halogens is 1. The van der Waals surface area contributed by atoms with Gasteiger partial charge in [0.05, 0.1) is 24.7 Å². The lowest BCUT2D eigenvalue weighted by Crippen LogP contribution is -2.13. The topological polar surface area (TPSA) is 104 Å². The van der Waals surface area contributed by atoms with Crippen LogP contribution in [0.4, 0.5) is 4.39 Å². The first-order chi connectivity index (χ1) is 15.5. The van der Waals surface area contributed by atoms with Gasteiger partial charge in [0.2, 0.25) is 5.43 Å². The van der Waals surface area contributed by atoms with E-state index < -0.39 is 11.2 Å². The molecule has 0 spiro atoms. The molecule has 0 saturated carbocycles. The number of aliphatic hydroxyl groups is 1. The molecule has 0 amide bonds. The van der Waals surface area contributed by atoms with E-state index in [1.807, 2.05) is 25.1 Å². The van der Waals surface area contributed by atoms with Gasteiger partial charge >= 0.3 is 0 Å². The van der Waals surface area contributed by atoms with Crippen molar-refractivity contribution >= 4 is 0 Å². The summed E-state index contributed by atoms with van der Waals surface area (Å²) in [5.74, 6) is -0.516. The third-order valence-corrected chi connectivity index (χ3v) is 5.63. The number of H-pyrrole nitrogens is 1. The smallest absolute Gasteiger partial charge is 0.242 e. The maximum atomic E-state index is 13.6. The minimum atomic E-state index is -0.622. The minimum Gasteiger partial charge on any atom is -0.503 e. The molecule has 0 aliphatic carbocycles. The average Bonchev–Trinajstić information content (AvgIpc) is 3.20. The lowest BCUT2D eigenvalue weighted by Gasteiger charge is -2.22. The third-order valence-electron chi connectivity index (χ3n) is 5.63. The molecule has 7 nitrogen and oxygen atoms in total. The summed E-state index contributed by atoms with van der Waals surface area (Å²) >= 11 is 0. The van der Waals surface area contributed by atoms with Crippen molar-refractivity contribution < 1.29 is 14.6 Å². The summed E-state index contributed by atoms with van der Waals surface area (Å²) in [5.41, 5.74) is 3.19. The van der Waals surface area contributed by atoms with Crippen LogP contribution in [0.15, 0.2) is 65.7 Å². The van der Waals surface area contributed by atoms with Crippen LogP contribution in [0.5, 0.6) is 5.75 Å². The zero-order valence-corrected chi connectivity index (χ0v) is 17.5. The molecule has 0 fully saturated rings. The van der Waals surface area contributed by atoms with Crippen molar-refractivity contribution in [2.45, 2.75) is 32.4 Å². The molecule has 0 aliphatic rings. The number of aromatic amines is 1. The van der Waals surface area contributed by atoms with Crippen molar-refractivity contribution in [2.24, 2.45) is 0 Å². The van der Waals surface area contributed by atoms with E-state index in [9.17, 15) is 19.4 Å². The van der Waals surface area contributed by atoms with Crippen LogP contribution in [-0.2, 0) is 13.2 Å². The zero-order chi connectivity index (χ0) is 22.7. The molecular formula is C24H23FN4O3. The molecule has 0 bridgehead atoms.